The third-order valence-electron chi connectivity index (χ3n) is 5.42. The number of hydrogen-bond donors (Lipinski definition) is 3. The van der Waals surface area contributed by atoms with Gasteiger partial charge in [0.25, 0.3) is 0 Å². The molecule has 1 saturated heterocycles. The van der Waals surface area contributed by atoms with Gasteiger partial charge in [-0.1, -0.05) is 18.9 Å². The summed E-state index contributed by atoms with van der Waals surface area (Å²) >= 11 is 0. The molecule has 1 aromatic rings. The number of aryl methyl sites for hydroxylation is 1. The molecule has 1 aromatic carbocycles. The number of hydrazine groups is 1. The van der Waals surface area contributed by atoms with Crippen LogP contribution in [-0.2, 0) is 4.79 Å². The molecular weight excluding hydrogens is 319 g/mol. The summed E-state index contributed by atoms with van der Waals surface area (Å²) in [6.45, 7) is 3.46. The van der Waals surface area contributed by atoms with Crippen LogP contribution in [0, 0.1) is 18.7 Å². The van der Waals surface area contributed by atoms with Crippen LogP contribution in [0.4, 0.5) is 10.1 Å². The third-order valence-corrected chi connectivity index (χ3v) is 5.42. The molecule has 5 nitrogen and oxygen atoms in total. The average Bonchev–Trinajstić information content (AvgIpc) is 2.99. The summed E-state index contributed by atoms with van der Waals surface area (Å²) in [5.74, 6) is 0.146. The highest BCUT2D eigenvalue weighted by Gasteiger charge is 2.37. The van der Waals surface area contributed by atoms with Gasteiger partial charge in [-0.05, 0) is 50.4 Å². The Hall–Kier alpha value is -1.50. The van der Waals surface area contributed by atoms with E-state index in [9.17, 15) is 9.18 Å². The van der Waals surface area contributed by atoms with Gasteiger partial charge >= 0.3 is 0 Å². The molecule has 1 aliphatic carbocycles. The van der Waals surface area contributed by atoms with Crippen LogP contribution in [0.3, 0.4) is 0 Å². The van der Waals surface area contributed by atoms with E-state index in [2.05, 4.69) is 21.1 Å². The highest BCUT2D eigenvalue weighted by atomic mass is 19.1. The van der Waals surface area contributed by atoms with E-state index in [1.807, 2.05) is 14.0 Å². The molecule has 1 heterocycles. The summed E-state index contributed by atoms with van der Waals surface area (Å²) in [5.41, 5.74) is 8.04. The van der Waals surface area contributed by atoms with Crippen molar-refractivity contribution >= 4 is 11.6 Å². The number of nitrogens with one attached hydrogen (secondary N) is 3. The quantitative estimate of drug-likeness (QED) is 0.739. The molecule has 1 saturated carbocycles. The second-order valence-corrected chi connectivity index (χ2v) is 7.49. The fraction of sp³-hybridized carbons (Fsp3) is 0.632. The monoisotopic (exact) mass is 348 g/mol. The van der Waals surface area contributed by atoms with Crippen molar-refractivity contribution in [1.82, 2.24) is 15.8 Å². The molecule has 2 fully saturated rings. The predicted octanol–water partition coefficient (Wildman–Crippen LogP) is 2.43. The zero-order chi connectivity index (χ0) is 17.8. The maximum Gasteiger partial charge on any atom is 0.225 e. The van der Waals surface area contributed by atoms with Gasteiger partial charge < -0.3 is 10.2 Å². The van der Waals surface area contributed by atoms with Gasteiger partial charge in [-0.2, -0.15) is 0 Å². The lowest BCUT2D eigenvalue weighted by atomic mass is 9.81. The second kappa shape index (κ2) is 8.25. The Bertz CT molecular complexity index is 609. The van der Waals surface area contributed by atoms with E-state index in [0.717, 1.165) is 12.1 Å². The van der Waals surface area contributed by atoms with Crippen LogP contribution in [0.25, 0.3) is 0 Å². The van der Waals surface area contributed by atoms with Crippen molar-refractivity contribution in [1.29, 1.82) is 0 Å². The van der Waals surface area contributed by atoms with Gasteiger partial charge in [0.1, 0.15) is 5.82 Å². The molecule has 1 aliphatic heterocycles. The van der Waals surface area contributed by atoms with Crippen molar-refractivity contribution < 1.29 is 9.18 Å². The molecule has 25 heavy (non-hydrogen) atoms. The molecule has 138 valence electrons. The van der Waals surface area contributed by atoms with Crippen LogP contribution >= 0.6 is 0 Å². The summed E-state index contributed by atoms with van der Waals surface area (Å²) in [6.07, 6.45) is 5.51. The van der Waals surface area contributed by atoms with Crippen LogP contribution in [0.2, 0.25) is 0 Å². The maximum absolute atomic E-state index is 13.7. The van der Waals surface area contributed by atoms with Crippen molar-refractivity contribution in [3.8, 4) is 0 Å². The molecule has 0 radical (unpaired) electrons. The summed E-state index contributed by atoms with van der Waals surface area (Å²) in [4.78, 5) is 14.3. The van der Waals surface area contributed by atoms with Crippen molar-refractivity contribution in [2.75, 3.05) is 25.5 Å². The molecule has 3 N–H and O–H groups in total. The van der Waals surface area contributed by atoms with E-state index in [-0.39, 0.29) is 11.6 Å². The second-order valence-electron chi connectivity index (χ2n) is 7.49. The fourth-order valence-electron chi connectivity index (χ4n) is 3.99. The highest BCUT2D eigenvalue weighted by molar-refractivity contribution is 5.91. The predicted molar refractivity (Wildman–Crippen MR) is 97.7 cm³/mol. The normalized spacial score (nSPS) is 25.8. The molecule has 0 aromatic heterocycles. The first-order valence-electron chi connectivity index (χ1n) is 9.28. The number of rotatable bonds is 6. The Balaban J connectivity index is 1.43. The first-order valence-corrected chi connectivity index (χ1v) is 9.28. The standard InChI is InChI=1S/C19H29FN4O/c1-13-7-8-15(20)17(11-13)21-19(25)9-10-24(2)12-18-14-5-3-4-6-16(14)22-23-18/h7-8,11,14,16,18,22-23H,3-6,9-10,12H2,1-2H3,(H,21,25). The average molecular weight is 348 g/mol. The number of carbonyl (C=O) groups is 1. The zero-order valence-electron chi connectivity index (χ0n) is 15.1. The minimum atomic E-state index is -0.392. The first-order chi connectivity index (χ1) is 12.0. The van der Waals surface area contributed by atoms with Crippen LogP contribution in [0.5, 0.6) is 0 Å². The molecule has 0 bridgehead atoms. The Kier molecular flexibility index (Phi) is 6.04. The van der Waals surface area contributed by atoms with Crippen LogP contribution < -0.4 is 16.2 Å². The van der Waals surface area contributed by atoms with Crippen LogP contribution in [-0.4, -0.2) is 43.0 Å². The van der Waals surface area contributed by atoms with Gasteiger partial charge in [-0.25, -0.2) is 4.39 Å². The fourth-order valence-corrected chi connectivity index (χ4v) is 3.99. The zero-order valence-corrected chi connectivity index (χ0v) is 15.1. The van der Waals surface area contributed by atoms with Gasteiger partial charge in [-0.3, -0.25) is 15.6 Å². The number of nitrogens with zero attached hydrogens (tertiary/aromatic N) is 1. The van der Waals surface area contributed by atoms with E-state index in [4.69, 9.17) is 0 Å². The summed E-state index contributed by atoms with van der Waals surface area (Å²) in [5, 5.41) is 2.68. The van der Waals surface area contributed by atoms with Gasteiger partial charge in [-0.15, -0.1) is 0 Å². The van der Waals surface area contributed by atoms with Crippen molar-refractivity contribution in [3.05, 3.63) is 29.6 Å². The smallest absolute Gasteiger partial charge is 0.225 e. The lowest BCUT2D eigenvalue weighted by Gasteiger charge is -2.29. The molecule has 2 aliphatic rings. The highest BCUT2D eigenvalue weighted by Crippen LogP contribution is 2.30. The number of anilines is 1. The largest absolute Gasteiger partial charge is 0.324 e. The number of likely N-dealkylation sites (N-methyl/N-ethyl adjacent to an activating group) is 1. The lowest BCUT2D eigenvalue weighted by molar-refractivity contribution is -0.116. The minimum Gasteiger partial charge on any atom is -0.324 e. The van der Waals surface area contributed by atoms with E-state index in [1.54, 1.807) is 12.1 Å². The van der Waals surface area contributed by atoms with E-state index >= 15 is 0 Å². The number of hydrogen-bond acceptors (Lipinski definition) is 4. The molecule has 3 rings (SSSR count). The summed E-state index contributed by atoms with van der Waals surface area (Å²) < 4.78 is 13.7. The van der Waals surface area contributed by atoms with Crippen LogP contribution in [0.15, 0.2) is 18.2 Å². The lowest BCUT2D eigenvalue weighted by Crippen LogP contribution is -2.42. The Morgan fingerprint density at radius 1 is 1.32 bits per heavy atom. The van der Waals surface area contributed by atoms with E-state index in [0.29, 0.717) is 31.0 Å². The SMILES string of the molecule is Cc1ccc(F)c(NC(=O)CCN(C)CC2NNC3CCCCC32)c1. The number of amides is 1. The molecule has 3 unspecified atom stereocenters. The molecule has 1 amide bonds. The Labute approximate surface area is 149 Å². The topological polar surface area (TPSA) is 56.4 Å². The first kappa shape index (κ1) is 18.3. The summed E-state index contributed by atoms with van der Waals surface area (Å²) in [6, 6.07) is 5.78. The number of fused-ring (bicyclic) bond motifs is 1. The van der Waals surface area contributed by atoms with Crippen molar-refractivity contribution in [2.45, 2.75) is 51.1 Å². The van der Waals surface area contributed by atoms with Gasteiger partial charge in [0.15, 0.2) is 0 Å². The molecule has 0 spiro atoms. The number of halogens is 1. The van der Waals surface area contributed by atoms with Gasteiger partial charge in [0.05, 0.1) is 5.69 Å². The molecular formula is C19H29FN4O. The number of benzene rings is 1. The van der Waals surface area contributed by atoms with E-state index < -0.39 is 5.82 Å². The number of carbonyl (C=O) groups excluding carboxylic acids is 1. The van der Waals surface area contributed by atoms with Crippen molar-refractivity contribution in [3.63, 3.8) is 0 Å². The van der Waals surface area contributed by atoms with Gasteiger partial charge in [0.2, 0.25) is 5.91 Å². The Morgan fingerprint density at radius 2 is 2.12 bits per heavy atom. The minimum absolute atomic E-state index is 0.149. The van der Waals surface area contributed by atoms with Crippen LogP contribution in [0.1, 0.15) is 37.7 Å². The van der Waals surface area contributed by atoms with E-state index in [1.165, 1.54) is 31.7 Å². The summed E-state index contributed by atoms with van der Waals surface area (Å²) in [7, 11) is 2.04. The van der Waals surface area contributed by atoms with Gasteiger partial charge in [0, 0.05) is 31.6 Å². The van der Waals surface area contributed by atoms with Crippen molar-refractivity contribution in [2.24, 2.45) is 5.92 Å². The Morgan fingerprint density at radius 3 is 2.96 bits per heavy atom. The maximum atomic E-state index is 13.7. The molecule has 6 heteroatoms. The molecule has 3 atom stereocenters. The third kappa shape index (κ3) is 4.77.